The number of carbonyl (C=O) groups excluding carboxylic acids is 1. The molecule has 2 aromatic rings. The molecule has 0 unspecified atom stereocenters. The highest BCUT2D eigenvalue weighted by Gasteiger charge is 2.08. The van der Waals surface area contributed by atoms with E-state index >= 15 is 0 Å². The lowest BCUT2D eigenvalue weighted by Gasteiger charge is -2.03. The first kappa shape index (κ1) is 17.5. The van der Waals surface area contributed by atoms with Crippen LogP contribution in [-0.2, 0) is 0 Å². The summed E-state index contributed by atoms with van der Waals surface area (Å²) in [5.74, 6) is -0.110. The van der Waals surface area contributed by atoms with Gasteiger partial charge in [0.15, 0.2) is 0 Å². The van der Waals surface area contributed by atoms with Crippen LogP contribution in [0.5, 0.6) is 0 Å². The Kier molecular flexibility index (Phi) is 7.22. The molecular weight excluding hydrogens is 311 g/mol. The summed E-state index contributed by atoms with van der Waals surface area (Å²) < 4.78 is 1.65. The first-order valence-corrected chi connectivity index (χ1v) is 6.82. The second-order valence-electron chi connectivity index (χ2n) is 4.36. The molecule has 1 heterocycles. The van der Waals surface area contributed by atoms with E-state index in [2.05, 4.69) is 15.7 Å². The summed E-state index contributed by atoms with van der Waals surface area (Å²) in [7, 11) is 1.89. The number of hydrogen-bond donors (Lipinski definition) is 2. The fourth-order valence-electron chi connectivity index (χ4n) is 1.74. The van der Waals surface area contributed by atoms with Crippen LogP contribution >= 0.6 is 24.0 Å². The summed E-state index contributed by atoms with van der Waals surface area (Å²) >= 11 is 5.84. The number of hydrogen-bond acceptors (Lipinski definition) is 3. The van der Waals surface area contributed by atoms with Crippen molar-refractivity contribution in [1.29, 1.82) is 0 Å². The molecule has 0 aliphatic heterocycles. The van der Waals surface area contributed by atoms with Crippen LogP contribution in [0.1, 0.15) is 16.8 Å². The highest BCUT2D eigenvalue weighted by atomic mass is 35.5. The smallest absolute Gasteiger partial charge is 0.254 e. The second-order valence-corrected chi connectivity index (χ2v) is 4.80. The molecule has 0 saturated carbocycles. The average Bonchev–Trinajstić information content (AvgIpc) is 2.94. The highest BCUT2D eigenvalue weighted by molar-refractivity contribution is 6.30. The summed E-state index contributed by atoms with van der Waals surface area (Å²) in [4.78, 5) is 11.9. The molecule has 0 radical (unpaired) electrons. The maximum atomic E-state index is 11.9. The normalized spacial score (nSPS) is 10.0. The van der Waals surface area contributed by atoms with E-state index < -0.39 is 0 Å². The summed E-state index contributed by atoms with van der Waals surface area (Å²) in [6.45, 7) is 1.52. The molecule has 0 bridgehead atoms. The van der Waals surface area contributed by atoms with E-state index in [0.29, 0.717) is 17.1 Å². The number of rotatable bonds is 6. The minimum absolute atomic E-state index is 0. The third kappa shape index (κ3) is 5.04. The molecule has 1 aromatic heterocycles. The topological polar surface area (TPSA) is 58.9 Å². The third-order valence-electron chi connectivity index (χ3n) is 2.83. The number of halogens is 2. The van der Waals surface area contributed by atoms with E-state index in [1.807, 2.05) is 19.2 Å². The number of nitrogens with one attached hydrogen (secondary N) is 2. The molecular formula is C14H18Cl2N4O. The van der Waals surface area contributed by atoms with Gasteiger partial charge in [-0.15, -0.1) is 12.4 Å². The first-order chi connectivity index (χ1) is 9.70. The lowest BCUT2D eigenvalue weighted by atomic mass is 10.3. The molecule has 2 rings (SSSR count). The maximum Gasteiger partial charge on any atom is 0.254 e. The van der Waals surface area contributed by atoms with Crippen molar-refractivity contribution in [3.8, 4) is 5.69 Å². The Morgan fingerprint density at radius 1 is 1.29 bits per heavy atom. The lowest BCUT2D eigenvalue weighted by molar-refractivity contribution is 0.0953. The van der Waals surface area contributed by atoms with Crippen molar-refractivity contribution in [2.45, 2.75) is 6.42 Å². The van der Waals surface area contributed by atoms with Crippen molar-refractivity contribution in [1.82, 2.24) is 20.4 Å². The zero-order valence-electron chi connectivity index (χ0n) is 11.7. The molecule has 7 heteroatoms. The molecule has 0 aliphatic rings. The summed E-state index contributed by atoms with van der Waals surface area (Å²) in [5, 5.41) is 10.7. The van der Waals surface area contributed by atoms with Crippen LogP contribution in [0.2, 0.25) is 5.02 Å². The van der Waals surface area contributed by atoms with E-state index in [0.717, 1.165) is 18.7 Å². The van der Waals surface area contributed by atoms with Gasteiger partial charge in [0.05, 0.1) is 17.4 Å². The van der Waals surface area contributed by atoms with Gasteiger partial charge in [-0.05, 0) is 44.3 Å². The number of nitrogens with zero attached hydrogens (tertiary/aromatic N) is 2. The van der Waals surface area contributed by atoms with Crippen LogP contribution < -0.4 is 10.6 Å². The Morgan fingerprint density at radius 2 is 2.00 bits per heavy atom. The van der Waals surface area contributed by atoms with E-state index in [1.54, 1.807) is 29.2 Å². The van der Waals surface area contributed by atoms with Crippen LogP contribution in [0.25, 0.3) is 5.69 Å². The predicted octanol–water partition coefficient (Wildman–Crippen LogP) is 2.29. The van der Waals surface area contributed by atoms with Gasteiger partial charge in [0.25, 0.3) is 5.91 Å². The summed E-state index contributed by atoms with van der Waals surface area (Å²) in [6, 6.07) is 7.28. The number of benzene rings is 1. The zero-order valence-corrected chi connectivity index (χ0v) is 13.2. The Morgan fingerprint density at radius 3 is 2.67 bits per heavy atom. The first-order valence-electron chi connectivity index (χ1n) is 6.44. The molecule has 0 aliphatic carbocycles. The Bertz CT molecular complexity index is 569. The molecule has 1 amide bonds. The molecule has 0 spiro atoms. The molecule has 1 aromatic carbocycles. The van der Waals surface area contributed by atoms with Crippen molar-refractivity contribution in [2.75, 3.05) is 20.1 Å². The van der Waals surface area contributed by atoms with Crippen molar-refractivity contribution >= 4 is 29.9 Å². The van der Waals surface area contributed by atoms with Gasteiger partial charge in [-0.1, -0.05) is 11.6 Å². The highest BCUT2D eigenvalue weighted by Crippen LogP contribution is 2.13. The minimum Gasteiger partial charge on any atom is -0.352 e. The number of aromatic nitrogens is 2. The van der Waals surface area contributed by atoms with Crippen molar-refractivity contribution in [2.24, 2.45) is 0 Å². The van der Waals surface area contributed by atoms with Gasteiger partial charge in [0, 0.05) is 17.8 Å². The molecule has 0 atom stereocenters. The molecule has 114 valence electrons. The molecule has 0 saturated heterocycles. The number of carbonyl (C=O) groups is 1. The lowest BCUT2D eigenvalue weighted by Crippen LogP contribution is -2.26. The van der Waals surface area contributed by atoms with Gasteiger partial charge < -0.3 is 10.6 Å². The second kappa shape index (κ2) is 8.67. The molecule has 0 fully saturated rings. The standard InChI is InChI=1S/C14H17ClN4O.ClH/c1-16-7-2-8-17-14(20)11-9-18-19(10-11)13-5-3-12(15)4-6-13;/h3-6,9-10,16H,2,7-8H2,1H3,(H,17,20);1H. The fraction of sp³-hybridized carbons (Fsp3) is 0.286. The molecule has 21 heavy (non-hydrogen) atoms. The zero-order chi connectivity index (χ0) is 14.4. The van der Waals surface area contributed by atoms with Crippen molar-refractivity contribution in [3.05, 3.63) is 47.2 Å². The SMILES string of the molecule is CNCCCNC(=O)c1cnn(-c2ccc(Cl)cc2)c1.Cl. The molecule has 2 N–H and O–H groups in total. The quantitative estimate of drug-likeness (QED) is 0.800. The van der Waals surface area contributed by atoms with Crippen LogP contribution in [0.4, 0.5) is 0 Å². The van der Waals surface area contributed by atoms with Crippen LogP contribution in [-0.4, -0.2) is 35.8 Å². The predicted molar refractivity (Wildman–Crippen MR) is 86.7 cm³/mol. The molecule has 5 nitrogen and oxygen atoms in total. The van der Waals surface area contributed by atoms with E-state index in [-0.39, 0.29) is 18.3 Å². The maximum absolute atomic E-state index is 11.9. The van der Waals surface area contributed by atoms with E-state index in [9.17, 15) is 4.79 Å². The fourth-order valence-corrected chi connectivity index (χ4v) is 1.87. The van der Waals surface area contributed by atoms with Crippen molar-refractivity contribution < 1.29 is 4.79 Å². The Labute approximate surface area is 135 Å². The van der Waals surface area contributed by atoms with Crippen LogP contribution in [0.3, 0.4) is 0 Å². The van der Waals surface area contributed by atoms with Gasteiger partial charge in [-0.2, -0.15) is 5.10 Å². The van der Waals surface area contributed by atoms with Crippen LogP contribution in [0, 0.1) is 0 Å². The largest absolute Gasteiger partial charge is 0.352 e. The number of amides is 1. The summed E-state index contributed by atoms with van der Waals surface area (Å²) in [6.07, 6.45) is 4.16. The van der Waals surface area contributed by atoms with Crippen molar-refractivity contribution in [3.63, 3.8) is 0 Å². The minimum atomic E-state index is -0.110. The van der Waals surface area contributed by atoms with Gasteiger partial charge >= 0.3 is 0 Å². The van der Waals surface area contributed by atoms with Gasteiger partial charge in [0.1, 0.15) is 0 Å². The third-order valence-corrected chi connectivity index (χ3v) is 3.08. The monoisotopic (exact) mass is 328 g/mol. The van der Waals surface area contributed by atoms with Crippen LogP contribution in [0.15, 0.2) is 36.7 Å². The van der Waals surface area contributed by atoms with Gasteiger partial charge in [-0.25, -0.2) is 4.68 Å². The average molecular weight is 329 g/mol. The Hall–Kier alpha value is -1.56. The Balaban J connectivity index is 0.00000220. The van der Waals surface area contributed by atoms with E-state index in [1.165, 1.54) is 0 Å². The van der Waals surface area contributed by atoms with Gasteiger partial charge in [0.2, 0.25) is 0 Å². The van der Waals surface area contributed by atoms with E-state index in [4.69, 9.17) is 11.6 Å². The van der Waals surface area contributed by atoms with Gasteiger partial charge in [-0.3, -0.25) is 4.79 Å². The summed E-state index contributed by atoms with van der Waals surface area (Å²) in [5.41, 5.74) is 1.41.